The first-order chi connectivity index (χ1) is 7.16. The van der Waals surface area contributed by atoms with Crippen molar-refractivity contribution in [3.8, 4) is 11.1 Å². The Morgan fingerprint density at radius 3 is 2.80 bits per heavy atom. The third-order valence-corrected chi connectivity index (χ3v) is 2.13. The number of halogens is 1. The first-order valence-corrected chi connectivity index (χ1v) is 4.52. The highest BCUT2D eigenvalue weighted by Gasteiger charge is 2.04. The Morgan fingerprint density at radius 1 is 1.33 bits per heavy atom. The van der Waals surface area contributed by atoms with Crippen molar-refractivity contribution in [1.82, 2.24) is 9.97 Å². The first kappa shape index (κ1) is 9.58. The minimum atomic E-state index is -0.274. The van der Waals surface area contributed by atoms with Crippen LogP contribution in [0, 0.1) is 12.7 Å². The first-order valence-electron chi connectivity index (χ1n) is 4.52. The van der Waals surface area contributed by atoms with Crippen LogP contribution in [0.1, 0.15) is 5.69 Å². The number of rotatable bonds is 1. The molecule has 2 N–H and O–H groups in total. The third kappa shape index (κ3) is 1.93. The molecule has 0 saturated heterocycles. The molecule has 0 amide bonds. The lowest BCUT2D eigenvalue weighted by Gasteiger charge is -2.04. The summed E-state index contributed by atoms with van der Waals surface area (Å²) in [5.41, 5.74) is 7.73. The highest BCUT2D eigenvalue weighted by atomic mass is 19.1. The van der Waals surface area contributed by atoms with Gasteiger partial charge in [-0.05, 0) is 24.6 Å². The molecule has 1 aromatic carbocycles. The highest BCUT2D eigenvalue weighted by Crippen LogP contribution is 2.22. The lowest BCUT2D eigenvalue weighted by atomic mass is 10.1. The molecule has 0 aliphatic carbocycles. The van der Waals surface area contributed by atoms with Crippen molar-refractivity contribution in [2.45, 2.75) is 6.92 Å². The molecule has 0 radical (unpaired) electrons. The van der Waals surface area contributed by atoms with Crippen LogP contribution in [0.3, 0.4) is 0 Å². The molecule has 2 aromatic rings. The van der Waals surface area contributed by atoms with Gasteiger partial charge in [0.25, 0.3) is 0 Å². The van der Waals surface area contributed by atoms with E-state index < -0.39 is 0 Å². The number of hydrogen-bond donors (Lipinski definition) is 1. The Kier molecular flexibility index (Phi) is 2.33. The zero-order valence-corrected chi connectivity index (χ0v) is 8.24. The summed E-state index contributed by atoms with van der Waals surface area (Å²) in [7, 11) is 0. The van der Waals surface area contributed by atoms with Gasteiger partial charge in [-0.1, -0.05) is 12.1 Å². The number of hydrogen-bond acceptors (Lipinski definition) is 3. The van der Waals surface area contributed by atoms with Gasteiger partial charge in [-0.15, -0.1) is 0 Å². The topological polar surface area (TPSA) is 51.8 Å². The fourth-order valence-corrected chi connectivity index (χ4v) is 1.42. The molecule has 76 valence electrons. The average molecular weight is 203 g/mol. The maximum absolute atomic E-state index is 13.0. The van der Waals surface area contributed by atoms with Gasteiger partial charge in [0.2, 0.25) is 5.95 Å². The van der Waals surface area contributed by atoms with E-state index in [2.05, 4.69) is 9.97 Å². The van der Waals surface area contributed by atoms with Crippen molar-refractivity contribution in [2.75, 3.05) is 5.73 Å². The maximum atomic E-state index is 13.0. The fourth-order valence-electron chi connectivity index (χ4n) is 1.42. The Morgan fingerprint density at radius 2 is 2.13 bits per heavy atom. The number of nitrogens with two attached hydrogens (primary N) is 1. The minimum Gasteiger partial charge on any atom is -0.368 e. The second-order valence-corrected chi connectivity index (χ2v) is 3.24. The Bertz CT molecular complexity index is 497. The van der Waals surface area contributed by atoms with Gasteiger partial charge in [0.15, 0.2) is 0 Å². The molecule has 0 spiro atoms. The van der Waals surface area contributed by atoms with E-state index in [0.717, 1.165) is 16.8 Å². The summed E-state index contributed by atoms with van der Waals surface area (Å²) in [4.78, 5) is 7.91. The van der Waals surface area contributed by atoms with E-state index in [1.165, 1.54) is 12.1 Å². The molecule has 0 fully saturated rings. The van der Waals surface area contributed by atoms with Crippen LogP contribution in [0.25, 0.3) is 11.1 Å². The summed E-state index contributed by atoms with van der Waals surface area (Å²) >= 11 is 0. The lowest BCUT2D eigenvalue weighted by Crippen LogP contribution is -1.97. The van der Waals surface area contributed by atoms with Crippen molar-refractivity contribution < 1.29 is 4.39 Å². The normalized spacial score (nSPS) is 10.3. The van der Waals surface area contributed by atoms with Crippen LogP contribution in [0.5, 0.6) is 0 Å². The maximum Gasteiger partial charge on any atom is 0.220 e. The summed E-state index contributed by atoms with van der Waals surface area (Å²) < 4.78 is 13.0. The number of nitrogens with zero attached hydrogens (tertiary/aromatic N) is 2. The molecule has 0 atom stereocenters. The van der Waals surface area contributed by atoms with E-state index in [4.69, 9.17) is 5.73 Å². The largest absolute Gasteiger partial charge is 0.368 e. The summed E-state index contributed by atoms with van der Waals surface area (Å²) in [6, 6.07) is 6.31. The molecule has 0 saturated carbocycles. The second-order valence-electron chi connectivity index (χ2n) is 3.24. The van der Waals surface area contributed by atoms with Crippen LogP contribution in [-0.4, -0.2) is 9.97 Å². The number of aromatic nitrogens is 2. The van der Waals surface area contributed by atoms with Crippen LogP contribution in [-0.2, 0) is 0 Å². The van der Waals surface area contributed by atoms with Gasteiger partial charge < -0.3 is 5.73 Å². The Hall–Kier alpha value is -1.97. The van der Waals surface area contributed by atoms with Crippen LogP contribution in [0.2, 0.25) is 0 Å². The van der Waals surface area contributed by atoms with Gasteiger partial charge in [0.05, 0.1) is 5.69 Å². The van der Waals surface area contributed by atoms with Crippen molar-refractivity contribution >= 4 is 5.95 Å². The van der Waals surface area contributed by atoms with Gasteiger partial charge in [-0.2, -0.15) is 0 Å². The fraction of sp³-hybridized carbons (Fsp3) is 0.0909. The number of benzene rings is 1. The summed E-state index contributed by atoms with van der Waals surface area (Å²) in [5, 5.41) is 0. The predicted molar refractivity (Wildman–Crippen MR) is 56.6 cm³/mol. The van der Waals surface area contributed by atoms with Gasteiger partial charge in [-0.25, -0.2) is 14.4 Å². The van der Waals surface area contributed by atoms with E-state index in [1.807, 2.05) is 13.0 Å². The van der Waals surface area contributed by atoms with Crippen molar-refractivity contribution in [3.63, 3.8) is 0 Å². The summed E-state index contributed by atoms with van der Waals surface area (Å²) in [6.07, 6.45) is 1.60. The molecular weight excluding hydrogens is 193 g/mol. The molecular formula is C11H10FN3. The third-order valence-electron chi connectivity index (χ3n) is 2.13. The molecule has 1 heterocycles. The highest BCUT2D eigenvalue weighted by molar-refractivity contribution is 5.65. The molecule has 0 unspecified atom stereocenters. The zero-order chi connectivity index (χ0) is 10.8. The Labute approximate surface area is 86.8 Å². The molecule has 4 heteroatoms. The SMILES string of the molecule is Cc1nc(N)ncc1-c1cccc(F)c1. The van der Waals surface area contributed by atoms with Crippen LogP contribution in [0.15, 0.2) is 30.5 Å². The molecule has 2 rings (SSSR count). The van der Waals surface area contributed by atoms with Crippen molar-refractivity contribution in [2.24, 2.45) is 0 Å². The van der Waals surface area contributed by atoms with E-state index in [1.54, 1.807) is 12.3 Å². The van der Waals surface area contributed by atoms with Crippen LogP contribution >= 0.6 is 0 Å². The summed E-state index contributed by atoms with van der Waals surface area (Å²) in [6.45, 7) is 1.82. The van der Waals surface area contributed by atoms with E-state index in [-0.39, 0.29) is 11.8 Å². The molecule has 0 aliphatic rings. The number of anilines is 1. The summed E-state index contributed by atoms with van der Waals surface area (Å²) in [5.74, 6) is -0.0450. The van der Waals surface area contributed by atoms with Crippen LogP contribution < -0.4 is 5.73 Å². The van der Waals surface area contributed by atoms with Gasteiger partial charge in [0.1, 0.15) is 5.82 Å². The zero-order valence-electron chi connectivity index (χ0n) is 8.24. The number of aryl methyl sites for hydroxylation is 1. The lowest BCUT2D eigenvalue weighted by molar-refractivity contribution is 0.628. The van der Waals surface area contributed by atoms with Crippen molar-refractivity contribution in [3.05, 3.63) is 42.0 Å². The van der Waals surface area contributed by atoms with Gasteiger partial charge in [0, 0.05) is 11.8 Å². The van der Waals surface area contributed by atoms with E-state index in [9.17, 15) is 4.39 Å². The Balaban J connectivity index is 2.54. The van der Waals surface area contributed by atoms with Gasteiger partial charge >= 0.3 is 0 Å². The van der Waals surface area contributed by atoms with E-state index >= 15 is 0 Å². The van der Waals surface area contributed by atoms with Crippen molar-refractivity contribution in [1.29, 1.82) is 0 Å². The molecule has 3 nitrogen and oxygen atoms in total. The average Bonchev–Trinajstić information content (AvgIpc) is 2.17. The van der Waals surface area contributed by atoms with Crippen LogP contribution in [0.4, 0.5) is 10.3 Å². The molecule has 0 aliphatic heterocycles. The smallest absolute Gasteiger partial charge is 0.220 e. The quantitative estimate of drug-likeness (QED) is 0.772. The molecule has 0 bridgehead atoms. The second kappa shape index (κ2) is 3.65. The predicted octanol–water partition coefficient (Wildman–Crippen LogP) is 2.17. The standard InChI is InChI=1S/C11H10FN3/c1-7-10(6-14-11(13)15-7)8-3-2-4-9(12)5-8/h2-6H,1H3,(H2,13,14,15). The van der Waals surface area contributed by atoms with Gasteiger partial charge in [-0.3, -0.25) is 0 Å². The number of nitrogen functional groups attached to an aromatic ring is 1. The molecule has 15 heavy (non-hydrogen) atoms. The van der Waals surface area contributed by atoms with E-state index in [0.29, 0.717) is 0 Å². The monoisotopic (exact) mass is 203 g/mol. The minimum absolute atomic E-state index is 0.229. The molecule has 1 aromatic heterocycles.